The highest BCUT2D eigenvalue weighted by Crippen LogP contribution is 2.29. The van der Waals surface area contributed by atoms with Crippen LogP contribution in [0.5, 0.6) is 0 Å². The predicted octanol–water partition coefficient (Wildman–Crippen LogP) is 2.53. The summed E-state index contributed by atoms with van der Waals surface area (Å²) in [6.07, 6.45) is 2.68. The molecular formula is C19H16N4O6S. The lowest BCUT2D eigenvalue weighted by atomic mass is 10.3. The fraction of sp³-hybridized carbons (Fsp3) is 0.0526. The van der Waals surface area contributed by atoms with E-state index >= 15 is 0 Å². The number of carbonyl (C=O) groups is 1. The molecule has 1 aromatic heterocycles. The Morgan fingerprint density at radius 3 is 2.47 bits per heavy atom. The van der Waals surface area contributed by atoms with Gasteiger partial charge in [-0.05, 0) is 30.3 Å². The normalized spacial score (nSPS) is 11.3. The second-order valence-electron chi connectivity index (χ2n) is 5.88. The van der Waals surface area contributed by atoms with Crippen molar-refractivity contribution < 1.29 is 22.6 Å². The molecule has 0 atom stereocenters. The molecule has 0 fully saturated rings. The van der Waals surface area contributed by atoms with Crippen LogP contribution in [0.15, 0.2) is 87.4 Å². The van der Waals surface area contributed by atoms with Crippen LogP contribution in [-0.4, -0.2) is 32.0 Å². The number of hydrogen-bond acceptors (Lipinski definition) is 7. The fourth-order valence-corrected chi connectivity index (χ4v) is 4.13. The molecule has 0 aliphatic heterocycles. The first-order chi connectivity index (χ1) is 14.4. The smallest absolute Gasteiger partial charge is 0.289 e. The van der Waals surface area contributed by atoms with Crippen LogP contribution in [0, 0.1) is 10.1 Å². The van der Waals surface area contributed by atoms with Crippen LogP contribution in [-0.2, 0) is 14.8 Å². The van der Waals surface area contributed by atoms with Gasteiger partial charge in [0.15, 0.2) is 4.90 Å². The quantitative estimate of drug-likeness (QED) is 0.333. The van der Waals surface area contributed by atoms with Crippen LogP contribution < -0.4 is 9.73 Å². The van der Waals surface area contributed by atoms with Gasteiger partial charge >= 0.3 is 0 Å². The van der Waals surface area contributed by atoms with Crippen molar-refractivity contribution in [3.8, 4) is 0 Å². The van der Waals surface area contributed by atoms with Crippen LogP contribution in [0.3, 0.4) is 0 Å². The van der Waals surface area contributed by atoms with Crippen molar-refractivity contribution in [3.05, 3.63) is 88.9 Å². The summed E-state index contributed by atoms with van der Waals surface area (Å²) >= 11 is 0. The zero-order valence-electron chi connectivity index (χ0n) is 15.4. The monoisotopic (exact) mass is 428 g/mol. The molecule has 11 heteroatoms. The SMILES string of the molecule is O=C(CN(c1ccccc1)S(=O)(=O)c1ccccc1[N+](=O)[O-])NN=Cc1ccco1. The molecule has 1 N–H and O–H groups in total. The van der Waals surface area contributed by atoms with Gasteiger partial charge in [0.25, 0.3) is 21.6 Å². The van der Waals surface area contributed by atoms with E-state index in [1.807, 2.05) is 0 Å². The second-order valence-corrected chi connectivity index (χ2v) is 7.71. The zero-order valence-corrected chi connectivity index (χ0v) is 16.2. The average molecular weight is 428 g/mol. The molecule has 3 rings (SSSR count). The number of amides is 1. The summed E-state index contributed by atoms with van der Waals surface area (Å²) in [5.41, 5.74) is 1.79. The van der Waals surface area contributed by atoms with Crippen molar-refractivity contribution in [2.24, 2.45) is 5.10 Å². The van der Waals surface area contributed by atoms with Crippen molar-refractivity contribution in [2.75, 3.05) is 10.8 Å². The molecule has 0 saturated carbocycles. The Balaban J connectivity index is 1.92. The van der Waals surface area contributed by atoms with Crippen LogP contribution in [0.1, 0.15) is 5.76 Å². The third kappa shape index (κ3) is 4.70. The van der Waals surface area contributed by atoms with E-state index in [2.05, 4.69) is 10.5 Å². The minimum Gasteiger partial charge on any atom is -0.463 e. The third-order valence-electron chi connectivity index (χ3n) is 3.89. The number of nitrogens with one attached hydrogen (secondary N) is 1. The van der Waals surface area contributed by atoms with E-state index in [-0.39, 0.29) is 5.69 Å². The molecule has 0 saturated heterocycles. The summed E-state index contributed by atoms with van der Waals surface area (Å²) in [5.74, 6) is -0.355. The summed E-state index contributed by atoms with van der Waals surface area (Å²) < 4.78 is 32.3. The van der Waals surface area contributed by atoms with E-state index in [1.54, 1.807) is 30.3 Å². The highest BCUT2D eigenvalue weighted by molar-refractivity contribution is 7.93. The van der Waals surface area contributed by atoms with Gasteiger partial charge in [-0.1, -0.05) is 30.3 Å². The summed E-state index contributed by atoms with van der Waals surface area (Å²) in [4.78, 5) is 22.4. The van der Waals surface area contributed by atoms with Crippen LogP contribution in [0.2, 0.25) is 0 Å². The van der Waals surface area contributed by atoms with Crippen LogP contribution in [0.25, 0.3) is 0 Å². The van der Waals surface area contributed by atoms with Crippen molar-refractivity contribution in [2.45, 2.75) is 4.90 Å². The van der Waals surface area contributed by atoms with Gasteiger partial charge in [0.2, 0.25) is 0 Å². The molecule has 30 heavy (non-hydrogen) atoms. The lowest BCUT2D eigenvalue weighted by Crippen LogP contribution is -2.39. The molecule has 0 unspecified atom stereocenters. The number of sulfonamides is 1. The minimum atomic E-state index is -4.43. The lowest BCUT2D eigenvalue weighted by molar-refractivity contribution is -0.387. The number of anilines is 1. The van der Waals surface area contributed by atoms with E-state index in [0.29, 0.717) is 5.76 Å². The van der Waals surface area contributed by atoms with Gasteiger partial charge in [-0.15, -0.1) is 0 Å². The largest absolute Gasteiger partial charge is 0.463 e. The first-order valence-electron chi connectivity index (χ1n) is 8.56. The van der Waals surface area contributed by atoms with Crippen molar-refractivity contribution >= 4 is 33.5 Å². The zero-order chi connectivity index (χ0) is 21.6. The molecule has 0 aliphatic carbocycles. The predicted molar refractivity (Wildman–Crippen MR) is 109 cm³/mol. The molecule has 0 aliphatic rings. The number of nitro groups is 1. The van der Waals surface area contributed by atoms with Crippen LogP contribution in [0.4, 0.5) is 11.4 Å². The Labute approximate surface area is 171 Å². The van der Waals surface area contributed by atoms with E-state index in [0.717, 1.165) is 16.4 Å². The number of benzene rings is 2. The van der Waals surface area contributed by atoms with Crippen molar-refractivity contribution in [1.29, 1.82) is 0 Å². The Kier molecular flexibility index (Phi) is 6.23. The second kappa shape index (κ2) is 9.01. The van der Waals surface area contributed by atoms with E-state index < -0.39 is 38.0 Å². The molecular weight excluding hydrogens is 412 g/mol. The number of hydrogen-bond donors (Lipinski definition) is 1. The van der Waals surface area contributed by atoms with Gasteiger partial charge in [0.1, 0.15) is 12.3 Å². The number of nitrogens with zero attached hydrogens (tertiary/aromatic N) is 3. The number of nitro benzene ring substituents is 1. The maximum Gasteiger partial charge on any atom is 0.289 e. The first-order valence-corrected chi connectivity index (χ1v) is 10.0. The number of furan rings is 1. The van der Waals surface area contributed by atoms with Gasteiger partial charge < -0.3 is 4.42 Å². The molecule has 154 valence electrons. The number of hydrazone groups is 1. The highest BCUT2D eigenvalue weighted by Gasteiger charge is 2.32. The summed E-state index contributed by atoms with van der Waals surface area (Å²) in [5, 5.41) is 15.0. The van der Waals surface area contributed by atoms with Crippen LogP contribution >= 0.6 is 0 Å². The molecule has 0 radical (unpaired) electrons. The Hall–Kier alpha value is -3.99. The Morgan fingerprint density at radius 2 is 1.80 bits per heavy atom. The van der Waals surface area contributed by atoms with E-state index in [1.165, 1.54) is 36.7 Å². The standard InChI is InChI=1S/C19H16N4O6S/c24-19(21-20-13-16-9-6-12-29-16)14-22(15-7-2-1-3-8-15)30(27,28)18-11-5-4-10-17(18)23(25)26/h1-13H,14H2,(H,21,24). The van der Waals surface area contributed by atoms with Crippen molar-refractivity contribution in [1.82, 2.24) is 5.43 Å². The lowest BCUT2D eigenvalue weighted by Gasteiger charge is -2.23. The molecule has 2 aromatic carbocycles. The molecule has 3 aromatic rings. The Bertz CT molecular complexity index is 1160. The van der Waals surface area contributed by atoms with Gasteiger partial charge in [-0.25, -0.2) is 13.8 Å². The topological polar surface area (TPSA) is 135 Å². The van der Waals surface area contributed by atoms with Gasteiger partial charge in [0.05, 0.1) is 23.1 Å². The summed E-state index contributed by atoms with van der Waals surface area (Å²) in [7, 11) is -4.43. The summed E-state index contributed by atoms with van der Waals surface area (Å²) in [6, 6.07) is 16.0. The fourth-order valence-electron chi connectivity index (χ4n) is 2.55. The molecule has 0 bridgehead atoms. The van der Waals surface area contributed by atoms with Gasteiger partial charge in [0, 0.05) is 6.07 Å². The molecule has 1 amide bonds. The minimum absolute atomic E-state index is 0.167. The maximum absolute atomic E-state index is 13.2. The number of para-hydroxylation sites is 2. The third-order valence-corrected chi connectivity index (χ3v) is 5.71. The summed E-state index contributed by atoms with van der Waals surface area (Å²) in [6.45, 7) is -0.645. The maximum atomic E-state index is 13.2. The number of carbonyl (C=O) groups excluding carboxylic acids is 1. The van der Waals surface area contributed by atoms with Gasteiger partial charge in [-0.2, -0.15) is 5.10 Å². The van der Waals surface area contributed by atoms with E-state index in [4.69, 9.17) is 4.42 Å². The highest BCUT2D eigenvalue weighted by atomic mass is 32.2. The van der Waals surface area contributed by atoms with Gasteiger partial charge in [-0.3, -0.25) is 19.2 Å². The molecule has 0 spiro atoms. The number of rotatable bonds is 8. The molecule has 1 heterocycles. The molecule has 10 nitrogen and oxygen atoms in total. The Morgan fingerprint density at radius 1 is 1.10 bits per heavy atom. The average Bonchev–Trinajstić information content (AvgIpc) is 3.26. The van der Waals surface area contributed by atoms with E-state index in [9.17, 15) is 23.3 Å². The first kappa shape index (κ1) is 20.7. The van der Waals surface area contributed by atoms with Crippen molar-refractivity contribution in [3.63, 3.8) is 0 Å².